The van der Waals surface area contributed by atoms with E-state index in [1.165, 1.54) is 11.3 Å². The Labute approximate surface area is 110 Å². The van der Waals surface area contributed by atoms with Crippen LogP contribution >= 0.6 is 27.3 Å². The SMILES string of the molecule is O=C(CCOCC(F)F)NCc1ccc(Br)s1. The van der Waals surface area contributed by atoms with Gasteiger partial charge in [0.1, 0.15) is 6.61 Å². The number of nitrogens with one attached hydrogen (secondary N) is 1. The lowest BCUT2D eigenvalue weighted by molar-refractivity contribution is -0.122. The van der Waals surface area contributed by atoms with Crippen LogP contribution in [0.4, 0.5) is 8.78 Å². The van der Waals surface area contributed by atoms with Crippen LogP contribution in [0.5, 0.6) is 0 Å². The van der Waals surface area contributed by atoms with Gasteiger partial charge in [-0.1, -0.05) is 0 Å². The van der Waals surface area contributed by atoms with Crippen LogP contribution in [0.1, 0.15) is 11.3 Å². The van der Waals surface area contributed by atoms with Crippen molar-refractivity contribution in [3.8, 4) is 0 Å². The maximum Gasteiger partial charge on any atom is 0.261 e. The maximum absolute atomic E-state index is 11.7. The molecule has 96 valence electrons. The molecular weight excluding hydrogens is 316 g/mol. The Balaban J connectivity index is 2.09. The van der Waals surface area contributed by atoms with Crippen LogP contribution in [0.3, 0.4) is 0 Å². The minimum absolute atomic E-state index is 0.0182. The van der Waals surface area contributed by atoms with E-state index in [0.717, 1.165) is 8.66 Å². The first kappa shape index (κ1) is 14.5. The molecule has 1 aromatic rings. The number of amides is 1. The molecule has 0 saturated heterocycles. The minimum Gasteiger partial charge on any atom is -0.375 e. The molecule has 0 aliphatic heterocycles. The molecule has 1 aromatic heterocycles. The zero-order valence-electron chi connectivity index (χ0n) is 8.92. The molecule has 3 nitrogen and oxygen atoms in total. The molecule has 1 amide bonds. The summed E-state index contributed by atoms with van der Waals surface area (Å²) in [5.41, 5.74) is 0. The van der Waals surface area contributed by atoms with Gasteiger partial charge in [0.25, 0.3) is 6.43 Å². The molecule has 1 rings (SSSR count). The second kappa shape index (κ2) is 7.73. The molecule has 17 heavy (non-hydrogen) atoms. The largest absolute Gasteiger partial charge is 0.375 e. The van der Waals surface area contributed by atoms with Crippen molar-refractivity contribution in [2.45, 2.75) is 19.4 Å². The Bertz CT molecular complexity index is 360. The highest BCUT2D eigenvalue weighted by Crippen LogP contribution is 2.21. The van der Waals surface area contributed by atoms with Gasteiger partial charge in [-0.3, -0.25) is 4.79 Å². The minimum atomic E-state index is -2.48. The van der Waals surface area contributed by atoms with Crippen molar-refractivity contribution in [3.05, 3.63) is 20.8 Å². The van der Waals surface area contributed by atoms with Crippen molar-refractivity contribution in [1.29, 1.82) is 0 Å². The van der Waals surface area contributed by atoms with Crippen LogP contribution in [0.25, 0.3) is 0 Å². The van der Waals surface area contributed by atoms with Crippen molar-refractivity contribution in [2.75, 3.05) is 13.2 Å². The standard InChI is InChI=1S/C10H12BrF2NO2S/c11-8-2-1-7(17-8)5-14-10(15)3-4-16-6-9(12)13/h1-2,9H,3-6H2,(H,14,15). The van der Waals surface area contributed by atoms with E-state index in [-0.39, 0.29) is 18.9 Å². The number of hydrogen-bond donors (Lipinski definition) is 1. The number of ether oxygens (including phenoxy) is 1. The lowest BCUT2D eigenvalue weighted by Crippen LogP contribution is -2.23. The molecule has 0 aliphatic rings. The van der Waals surface area contributed by atoms with Crippen LogP contribution in [0, 0.1) is 0 Å². The summed E-state index contributed by atoms with van der Waals surface area (Å²) in [5, 5.41) is 2.68. The van der Waals surface area contributed by atoms with E-state index >= 15 is 0 Å². The van der Waals surface area contributed by atoms with Crippen molar-refractivity contribution in [1.82, 2.24) is 5.32 Å². The van der Waals surface area contributed by atoms with Crippen molar-refractivity contribution < 1.29 is 18.3 Å². The summed E-state index contributed by atoms with van der Waals surface area (Å²) in [4.78, 5) is 12.3. The Hall–Kier alpha value is -0.530. The summed E-state index contributed by atoms with van der Waals surface area (Å²) in [7, 11) is 0. The van der Waals surface area contributed by atoms with Gasteiger partial charge in [-0.15, -0.1) is 11.3 Å². The van der Waals surface area contributed by atoms with Crippen LogP contribution in [0.15, 0.2) is 15.9 Å². The number of hydrogen-bond acceptors (Lipinski definition) is 3. The van der Waals surface area contributed by atoms with E-state index in [2.05, 4.69) is 26.0 Å². The van der Waals surface area contributed by atoms with Crippen molar-refractivity contribution >= 4 is 33.2 Å². The number of rotatable bonds is 7. The average Bonchev–Trinajstić information content (AvgIpc) is 2.67. The predicted molar refractivity (Wildman–Crippen MR) is 65.3 cm³/mol. The third kappa shape index (κ3) is 6.70. The quantitative estimate of drug-likeness (QED) is 0.782. The Morgan fingerprint density at radius 3 is 2.88 bits per heavy atom. The van der Waals surface area contributed by atoms with Gasteiger partial charge < -0.3 is 10.1 Å². The molecule has 0 aromatic carbocycles. The van der Waals surface area contributed by atoms with E-state index in [0.29, 0.717) is 6.54 Å². The fourth-order valence-corrected chi connectivity index (χ4v) is 2.48. The van der Waals surface area contributed by atoms with Crippen LogP contribution in [-0.4, -0.2) is 25.5 Å². The van der Waals surface area contributed by atoms with Crippen molar-refractivity contribution in [3.63, 3.8) is 0 Å². The molecule has 0 saturated carbocycles. The summed E-state index contributed by atoms with van der Waals surface area (Å²) < 4.78 is 29.0. The van der Waals surface area contributed by atoms with Gasteiger partial charge in [-0.2, -0.15) is 0 Å². The molecule has 0 atom stereocenters. The third-order valence-corrected chi connectivity index (χ3v) is 3.43. The third-order valence-electron chi connectivity index (χ3n) is 1.81. The molecule has 1 N–H and O–H groups in total. The zero-order chi connectivity index (χ0) is 12.7. The van der Waals surface area contributed by atoms with Gasteiger partial charge in [0.05, 0.1) is 16.9 Å². The zero-order valence-corrected chi connectivity index (χ0v) is 11.3. The van der Waals surface area contributed by atoms with Crippen LogP contribution in [0.2, 0.25) is 0 Å². The normalized spacial score (nSPS) is 10.8. The second-order valence-electron chi connectivity index (χ2n) is 3.20. The molecule has 0 fully saturated rings. The lowest BCUT2D eigenvalue weighted by atomic mass is 10.4. The molecule has 0 bridgehead atoms. The fourth-order valence-electron chi connectivity index (χ4n) is 1.06. The summed E-state index contributed by atoms with van der Waals surface area (Å²) in [5.74, 6) is -0.205. The van der Waals surface area contributed by atoms with Gasteiger partial charge in [-0.25, -0.2) is 8.78 Å². The first-order valence-electron chi connectivity index (χ1n) is 4.94. The maximum atomic E-state index is 11.7. The molecule has 0 radical (unpaired) electrons. The molecule has 0 unspecified atom stereocenters. The second-order valence-corrected chi connectivity index (χ2v) is 5.75. The summed E-state index contributed by atoms with van der Waals surface area (Å²) in [6.45, 7) is -0.153. The molecule has 7 heteroatoms. The average molecular weight is 328 g/mol. The topological polar surface area (TPSA) is 38.3 Å². The van der Waals surface area contributed by atoms with Crippen molar-refractivity contribution in [2.24, 2.45) is 0 Å². The van der Waals surface area contributed by atoms with Gasteiger partial charge >= 0.3 is 0 Å². The lowest BCUT2D eigenvalue weighted by Gasteiger charge is -2.04. The number of alkyl halides is 2. The Morgan fingerprint density at radius 2 is 2.29 bits per heavy atom. The summed E-state index contributed by atoms with van der Waals surface area (Å²) in [6, 6.07) is 3.81. The highest BCUT2D eigenvalue weighted by Gasteiger charge is 2.05. The molecule has 0 aliphatic carbocycles. The first-order valence-corrected chi connectivity index (χ1v) is 6.55. The monoisotopic (exact) mass is 327 g/mol. The number of halogens is 3. The molecular formula is C10H12BrF2NO2S. The van der Waals surface area contributed by atoms with E-state index < -0.39 is 13.0 Å². The van der Waals surface area contributed by atoms with Gasteiger partial charge in [0.2, 0.25) is 5.91 Å². The van der Waals surface area contributed by atoms with E-state index in [1.54, 1.807) is 0 Å². The molecule has 0 spiro atoms. The summed E-state index contributed by atoms with van der Waals surface area (Å²) >= 11 is 4.85. The van der Waals surface area contributed by atoms with Crippen LogP contribution < -0.4 is 5.32 Å². The highest BCUT2D eigenvalue weighted by molar-refractivity contribution is 9.11. The number of carbonyl (C=O) groups excluding carboxylic acids is 1. The van der Waals surface area contributed by atoms with Gasteiger partial charge in [0, 0.05) is 11.3 Å². The van der Waals surface area contributed by atoms with E-state index in [4.69, 9.17) is 0 Å². The highest BCUT2D eigenvalue weighted by atomic mass is 79.9. The fraction of sp³-hybridized carbons (Fsp3) is 0.500. The van der Waals surface area contributed by atoms with Crippen LogP contribution in [-0.2, 0) is 16.1 Å². The van der Waals surface area contributed by atoms with E-state index in [9.17, 15) is 13.6 Å². The first-order chi connectivity index (χ1) is 8.08. The number of carbonyl (C=O) groups is 1. The summed E-state index contributed by atoms with van der Waals surface area (Å²) in [6.07, 6.45) is -2.39. The Morgan fingerprint density at radius 1 is 1.53 bits per heavy atom. The smallest absolute Gasteiger partial charge is 0.261 e. The number of thiophene rings is 1. The van der Waals surface area contributed by atoms with Gasteiger partial charge in [0.15, 0.2) is 0 Å². The molecule has 1 heterocycles. The van der Waals surface area contributed by atoms with E-state index in [1.807, 2.05) is 12.1 Å². The Kier molecular flexibility index (Phi) is 6.61. The van der Waals surface area contributed by atoms with Gasteiger partial charge in [-0.05, 0) is 28.1 Å². The predicted octanol–water partition coefficient (Wildman–Crippen LogP) is 2.80.